The van der Waals surface area contributed by atoms with Crippen molar-refractivity contribution in [3.8, 4) is 0 Å². The number of aryl methyl sites for hydroxylation is 1. The zero-order chi connectivity index (χ0) is 9.42. The first-order valence-electron chi connectivity index (χ1n) is 3.53. The summed E-state index contributed by atoms with van der Waals surface area (Å²) in [5.41, 5.74) is 0.885. The third-order valence-electron chi connectivity index (χ3n) is 1.69. The largest absolute Gasteiger partial charge is 0.296 e. The van der Waals surface area contributed by atoms with Crippen molar-refractivity contribution in [2.45, 2.75) is 0 Å². The first-order valence-corrected chi connectivity index (χ1v) is 3.90. The molecule has 0 fully saturated rings. The van der Waals surface area contributed by atoms with Crippen molar-refractivity contribution >= 4 is 28.9 Å². The van der Waals surface area contributed by atoms with Crippen LogP contribution in [0.15, 0.2) is 6.20 Å². The van der Waals surface area contributed by atoms with Gasteiger partial charge in [-0.15, -0.1) is 0 Å². The summed E-state index contributed by atoms with van der Waals surface area (Å²) in [5.74, 6) is 0. The van der Waals surface area contributed by atoms with E-state index in [0.717, 1.165) is 0 Å². The fourth-order valence-corrected chi connectivity index (χ4v) is 1.26. The Morgan fingerprint density at radius 1 is 1.62 bits per heavy atom. The van der Waals surface area contributed by atoms with Gasteiger partial charge in [-0.25, -0.2) is 9.67 Å². The van der Waals surface area contributed by atoms with Crippen molar-refractivity contribution in [1.82, 2.24) is 19.7 Å². The van der Waals surface area contributed by atoms with Crippen molar-refractivity contribution < 1.29 is 4.79 Å². The summed E-state index contributed by atoms with van der Waals surface area (Å²) in [7, 11) is 1.69. The minimum Gasteiger partial charge on any atom is -0.296 e. The van der Waals surface area contributed by atoms with Crippen LogP contribution in [0, 0.1) is 0 Å². The Hall–Kier alpha value is -1.49. The number of carbonyl (C=O) groups is 1. The van der Waals surface area contributed by atoms with Gasteiger partial charge in [0.15, 0.2) is 11.9 Å². The van der Waals surface area contributed by atoms with Gasteiger partial charge in [-0.2, -0.15) is 10.1 Å². The normalized spacial score (nSPS) is 10.6. The number of rotatable bonds is 1. The maximum Gasteiger partial charge on any atom is 0.224 e. The predicted molar refractivity (Wildman–Crippen MR) is 46.7 cm³/mol. The lowest BCUT2D eigenvalue weighted by Gasteiger charge is -1.91. The van der Waals surface area contributed by atoms with Gasteiger partial charge in [0.2, 0.25) is 5.28 Å². The number of halogens is 1. The summed E-state index contributed by atoms with van der Waals surface area (Å²) in [6.07, 6.45) is 2.15. The Bertz CT molecular complexity index is 479. The van der Waals surface area contributed by atoms with Crippen LogP contribution in [0.25, 0.3) is 11.0 Å². The van der Waals surface area contributed by atoms with E-state index in [1.54, 1.807) is 7.05 Å². The van der Waals surface area contributed by atoms with Crippen LogP contribution in [0.3, 0.4) is 0 Å². The fraction of sp³-hybridized carbons (Fsp3) is 0.143. The van der Waals surface area contributed by atoms with E-state index in [1.165, 1.54) is 10.9 Å². The lowest BCUT2D eigenvalue weighted by Crippen LogP contribution is -1.92. The molecule has 0 spiro atoms. The maximum absolute atomic E-state index is 10.6. The first kappa shape index (κ1) is 8.12. The topological polar surface area (TPSA) is 60.7 Å². The number of nitrogens with zero attached hydrogens (tertiary/aromatic N) is 4. The molecule has 0 radical (unpaired) electrons. The number of aromatic nitrogens is 4. The molecule has 2 aromatic rings. The summed E-state index contributed by atoms with van der Waals surface area (Å²) in [6, 6.07) is 0. The third-order valence-corrected chi connectivity index (χ3v) is 1.87. The second-order valence-corrected chi connectivity index (χ2v) is 2.84. The predicted octanol–water partition coefficient (Wildman–Crippen LogP) is 0.829. The van der Waals surface area contributed by atoms with Crippen molar-refractivity contribution in [3.63, 3.8) is 0 Å². The zero-order valence-corrected chi connectivity index (χ0v) is 7.49. The van der Waals surface area contributed by atoms with Gasteiger partial charge in [0.05, 0.1) is 5.39 Å². The number of hydrogen-bond acceptors (Lipinski definition) is 4. The van der Waals surface area contributed by atoms with E-state index in [-0.39, 0.29) is 5.28 Å². The molecule has 0 saturated carbocycles. The average Bonchev–Trinajstić information content (AvgIpc) is 2.43. The maximum atomic E-state index is 10.6. The Kier molecular flexibility index (Phi) is 1.73. The van der Waals surface area contributed by atoms with Crippen LogP contribution in [0.2, 0.25) is 5.28 Å². The van der Waals surface area contributed by atoms with E-state index in [2.05, 4.69) is 15.1 Å². The summed E-state index contributed by atoms with van der Waals surface area (Å²) in [6.45, 7) is 0. The molecule has 5 nitrogen and oxygen atoms in total. The molecule has 2 heterocycles. The Balaban J connectivity index is 2.88. The van der Waals surface area contributed by atoms with Crippen molar-refractivity contribution in [2.24, 2.45) is 7.05 Å². The molecule has 2 aromatic heterocycles. The first-order chi connectivity index (χ1) is 6.22. The van der Waals surface area contributed by atoms with E-state index in [4.69, 9.17) is 11.6 Å². The minimum absolute atomic E-state index is 0.146. The zero-order valence-electron chi connectivity index (χ0n) is 6.73. The number of carbonyl (C=O) groups excluding carboxylic acids is 1. The highest BCUT2D eigenvalue weighted by atomic mass is 35.5. The molecule has 0 N–H and O–H groups in total. The Labute approximate surface area is 78.4 Å². The molecule has 0 aromatic carbocycles. The highest BCUT2D eigenvalue weighted by molar-refractivity contribution is 6.28. The standard InChI is InChI=1S/C7H5ClN4O/c1-12-6-4(5(3-13)11-12)2-9-7(8)10-6/h2-3H,1H3. The smallest absolute Gasteiger partial charge is 0.224 e. The Morgan fingerprint density at radius 2 is 2.38 bits per heavy atom. The van der Waals surface area contributed by atoms with Crippen LogP contribution in [0.5, 0.6) is 0 Å². The van der Waals surface area contributed by atoms with Crippen molar-refractivity contribution in [2.75, 3.05) is 0 Å². The summed E-state index contributed by atoms with van der Waals surface area (Å²) >= 11 is 5.59. The SMILES string of the molecule is Cn1nc(C=O)c2cnc(Cl)nc21. The van der Waals surface area contributed by atoms with Gasteiger partial charge in [-0.3, -0.25) is 4.79 Å². The van der Waals surface area contributed by atoms with E-state index in [0.29, 0.717) is 23.0 Å². The van der Waals surface area contributed by atoms with Crippen LogP contribution in [0.1, 0.15) is 10.5 Å². The van der Waals surface area contributed by atoms with Gasteiger partial charge in [0.1, 0.15) is 5.69 Å². The monoisotopic (exact) mass is 196 g/mol. The van der Waals surface area contributed by atoms with Crippen LogP contribution in [0.4, 0.5) is 0 Å². The molecule has 0 amide bonds. The lowest BCUT2D eigenvalue weighted by molar-refractivity contribution is 0.111. The summed E-state index contributed by atoms with van der Waals surface area (Å²) in [5, 5.41) is 4.70. The van der Waals surface area contributed by atoms with Gasteiger partial charge < -0.3 is 0 Å². The average molecular weight is 197 g/mol. The van der Waals surface area contributed by atoms with Crippen molar-refractivity contribution in [3.05, 3.63) is 17.2 Å². The molecule has 0 unspecified atom stereocenters. The molecule has 0 bridgehead atoms. The van der Waals surface area contributed by atoms with Gasteiger partial charge >= 0.3 is 0 Å². The lowest BCUT2D eigenvalue weighted by atomic mass is 10.3. The van der Waals surface area contributed by atoms with E-state index in [1.807, 2.05) is 0 Å². The molecule has 0 aliphatic heterocycles. The Morgan fingerprint density at radius 3 is 3.08 bits per heavy atom. The minimum atomic E-state index is 0.146. The van der Waals surface area contributed by atoms with E-state index < -0.39 is 0 Å². The number of aldehydes is 1. The third kappa shape index (κ3) is 1.17. The van der Waals surface area contributed by atoms with Gasteiger partial charge in [0.25, 0.3) is 0 Å². The molecule has 66 valence electrons. The van der Waals surface area contributed by atoms with Crippen LogP contribution in [-0.2, 0) is 7.05 Å². The molecule has 0 aliphatic rings. The second-order valence-electron chi connectivity index (χ2n) is 2.50. The molecule has 6 heteroatoms. The molecule has 13 heavy (non-hydrogen) atoms. The molecule has 0 atom stereocenters. The molecular formula is C7H5ClN4O. The number of fused-ring (bicyclic) bond motifs is 1. The van der Waals surface area contributed by atoms with E-state index >= 15 is 0 Å². The summed E-state index contributed by atoms with van der Waals surface area (Å²) in [4.78, 5) is 18.3. The van der Waals surface area contributed by atoms with Crippen LogP contribution < -0.4 is 0 Å². The molecular weight excluding hydrogens is 192 g/mol. The van der Waals surface area contributed by atoms with E-state index in [9.17, 15) is 4.79 Å². The van der Waals surface area contributed by atoms with Crippen molar-refractivity contribution in [1.29, 1.82) is 0 Å². The molecule has 2 rings (SSSR count). The highest BCUT2D eigenvalue weighted by Crippen LogP contribution is 2.14. The highest BCUT2D eigenvalue weighted by Gasteiger charge is 2.09. The second kappa shape index (κ2) is 2.77. The molecule has 0 aliphatic carbocycles. The number of hydrogen-bond donors (Lipinski definition) is 0. The summed E-state index contributed by atoms with van der Waals surface area (Å²) < 4.78 is 1.49. The fourth-order valence-electron chi connectivity index (χ4n) is 1.13. The van der Waals surface area contributed by atoms with Crippen LogP contribution >= 0.6 is 11.6 Å². The van der Waals surface area contributed by atoms with Gasteiger partial charge in [-0.1, -0.05) is 0 Å². The molecule has 0 saturated heterocycles. The van der Waals surface area contributed by atoms with Gasteiger partial charge in [-0.05, 0) is 11.6 Å². The van der Waals surface area contributed by atoms with Crippen LogP contribution in [-0.4, -0.2) is 26.0 Å². The van der Waals surface area contributed by atoms with Gasteiger partial charge in [0, 0.05) is 13.2 Å². The quantitative estimate of drug-likeness (QED) is 0.501.